The zero-order chi connectivity index (χ0) is 7.14. The fourth-order valence-corrected chi connectivity index (χ4v) is 2.15. The monoisotopic (exact) mass is 141 g/mol. The molecule has 0 unspecified atom stereocenters. The van der Waals surface area contributed by atoms with E-state index >= 15 is 0 Å². The zero-order valence-electron chi connectivity index (χ0n) is 6.71. The summed E-state index contributed by atoms with van der Waals surface area (Å²) < 4.78 is 5.70. The number of likely N-dealkylation sites (N-methyl/N-ethyl adjacent to an activating group) is 1. The summed E-state index contributed by atoms with van der Waals surface area (Å²) in [6, 6.07) is 0.707. The minimum Gasteiger partial charge on any atom is -0.373 e. The van der Waals surface area contributed by atoms with E-state index in [2.05, 4.69) is 19.0 Å². The summed E-state index contributed by atoms with van der Waals surface area (Å²) in [6.07, 6.45) is 5.00. The highest BCUT2D eigenvalue weighted by Crippen LogP contribution is 2.36. The fourth-order valence-electron chi connectivity index (χ4n) is 2.15. The molecule has 2 saturated heterocycles. The van der Waals surface area contributed by atoms with Crippen LogP contribution in [-0.4, -0.2) is 37.2 Å². The number of nitrogens with zero attached hydrogens (tertiary/aromatic N) is 1. The number of fused-ring (bicyclic) bond motifs is 2. The SMILES string of the molecule is CN(C)[C@H]1C[C@H]2CC[C@H]1O2. The Kier molecular flexibility index (Phi) is 1.46. The lowest BCUT2D eigenvalue weighted by atomic mass is 9.95. The number of rotatable bonds is 1. The predicted molar refractivity (Wildman–Crippen MR) is 40.0 cm³/mol. The van der Waals surface area contributed by atoms with E-state index in [-0.39, 0.29) is 0 Å². The molecule has 2 heteroatoms. The third kappa shape index (κ3) is 0.867. The van der Waals surface area contributed by atoms with E-state index in [0.717, 1.165) is 0 Å². The molecule has 0 aromatic carbocycles. The largest absolute Gasteiger partial charge is 0.373 e. The van der Waals surface area contributed by atoms with Crippen LogP contribution in [0.25, 0.3) is 0 Å². The second-order valence-corrected chi connectivity index (χ2v) is 3.64. The maximum atomic E-state index is 5.70. The van der Waals surface area contributed by atoms with Crippen LogP contribution in [0, 0.1) is 0 Å². The summed E-state index contributed by atoms with van der Waals surface area (Å²) in [5.74, 6) is 0. The van der Waals surface area contributed by atoms with Crippen molar-refractivity contribution in [1.82, 2.24) is 4.90 Å². The lowest BCUT2D eigenvalue weighted by molar-refractivity contribution is 0.0830. The average Bonchev–Trinajstić information content (AvgIpc) is 2.44. The van der Waals surface area contributed by atoms with Gasteiger partial charge in [0.2, 0.25) is 0 Å². The van der Waals surface area contributed by atoms with Crippen molar-refractivity contribution in [3.05, 3.63) is 0 Å². The van der Waals surface area contributed by atoms with Crippen LogP contribution in [0.15, 0.2) is 0 Å². The molecule has 2 rings (SSSR count). The Labute approximate surface area is 62.2 Å². The third-order valence-electron chi connectivity index (χ3n) is 2.74. The first-order chi connectivity index (χ1) is 4.77. The molecule has 2 aliphatic heterocycles. The van der Waals surface area contributed by atoms with Crippen LogP contribution in [-0.2, 0) is 4.74 Å². The van der Waals surface area contributed by atoms with Gasteiger partial charge >= 0.3 is 0 Å². The van der Waals surface area contributed by atoms with Crippen LogP contribution in [0.5, 0.6) is 0 Å². The molecule has 0 aliphatic carbocycles. The standard InChI is InChI=1S/C8H15NO/c1-9(2)7-5-6-3-4-8(7)10-6/h6-8H,3-5H2,1-2H3/t6-,7+,8-/m1/s1. The smallest absolute Gasteiger partial charge is 0.0735 e. The van der Waals surface area contributed by atoms with Gasteiger partial charge in [-0.25, -0.2) is 0 Å². The fraction of sp³-hybridized carbons (Fsp3) is 1.00. The lowest BCUT2D eigenvalue weighted by Gasteiger charge is -2.25. The van der Waals surface area contributed by atoms with E-state index in [9.17, 15) is 0 Å². The van der Waals surface area contributed by atoms with Crippen LogP contribution in [0.4, 0.5) is 0 Å². The molecular formula is C8H15NO. The van der Waals surface area contributed by atoms with E-state index in [1.807, 2.05) is 0 Å². The van der Waals surface area contributed by atoms with Gasteiger partial charge in [-0.15, -0.1) is 0 Å². The van der Waals surface area contributed by atoms with Gasteiger partial charge in [0.25, 0.3) is 0 Å². The van der Waals surface area contributed by atoms with Crippen molar-refractivity contribution >= 4 is 0 Å². The number of hydrogen-bond donors (Lipinski definition) is 0. The lowest BCUT2D eigenvalue weighted by Crippen LogP contribution is -2.36. The van der Waals surface area contributed by atoms with Gasteiger partial charge in [0.15, 0.2) is 0 Å². The Morgan fingerprint density at radius 2 is 2.10 bits per heavy atom. The molecule has 0 radical (unpaired) electrons. The van der Waals surface area contributed by atoms with Crippen molar-refractivity contribution in [3.8, 4) is 0 Å². The molecule has 0 amide bonds. The Bertz CT molecular complexity index is 135. The van der Waals surface area contributed by atoms with Crippen molar-refractivity contribution in [2.45, 2.75) is 37.5 Å². The second-order valence-electron chi connectivity index (χ2n) is 3.64. The molecule has 2 aliphatic rings. The van der Waals surface area contributed by atoms with Crippen molar-refractivity contribution in [2.75, 3.05) is 14.1 Å². The van der Waals surface area contributed by atoms with Gasteiger partial charge in [-0.2, -0.15) is 0 Å². The maximum Gasteiger partial charge on any atom is 0.0735 e. The summed E-state index contributed by atoms with van der Waals surface area (Å²) in [7, 11) is 4.30. The minimum absolute atomic E-state index is 0.556. The highest BCUT2D eigenvalue weighted by Gasteiger charge is 2.41. The van der Waals surface area contributed by atoms with E-state index in [1.54, 1.807) is 0 Å². The first-order valence-electron chi connectivity index (χ1n) is 4.09. The Morgan fingerprint density at radius 3 is 2.40 bits per heavy atom. The van der Waals surface area contributed by atoms with Gasteiger partial charge in [0, 0.05) is 6.04 Å². The molecule has 3 atom stereocenters. The Hall–Kier alpha value is -0.0800. The second kappa shape index (κ2) is 2.21. The molecule has 0 aromatic rings. The van der Waals surface area contributed by atoms with Crippen LogP contribution in [0.2, 0.25) is 0 Å². The molecule has 58 valence electrons. The highest BCUT2D eigenvalue weighted by atomic mass is 16.5. The summed E-state index contributed by atoms with van der Waals surface area (Å²) in [4.78, 5) is 2.30. The highest BCUT2D eigenvalue weighted by molar-refractivity contribution is 4.93. The summed E-state index contributed by atoms with van der Waals surface area (Å²) in [5.41, 5.74) is 0. The van der Waals surface area contributed by atoms with Crippen molar-refractivity contribution in [1.29, 1.82) is 0 Å². The number of hydrogen-bond acceptors (Lipinski definition) is 2. The molecule has 0 saturated carbocycles. The van der Waals surface area contributed by atoms with Gasteiger partial charge in [0.1, 0.15) is 0 Å². The van der Waals surface area contributed by atoms with E-state index in [0.29, 0.717) is 18.2 Å². The van der Waals surface area contributed by atoms with Gasteiger partial charge in [-0.05, 0) is 33.4 Å². The maximum absolute atomic E-state index is 5.70. The average molecular weight is 141 g/mol. The van der Waals surface area contributed by atoms with Gasteiger partial charge in [0.05, 0.1) is 12.2 Å². The predicted octanol–water partition coefficient (Wildman–Crippen LogP) is 0.868. The topological polar surface area (TPSA) is 12.5 Å². The molecular weight excluding hydrogens is 126 g/mol. The Morgan fingerprint density at radius 1 is 1.30 bits per heavy atom. The third-order valence-corrected chi connectivity index (χ3v) is 2.74. The number of ether oxygens (including phenoxy) is 1. The molecule has 0 N–H and O–H groups in total. The van der Waals surface area contributed by atoms with Crippen LogP contribution >= 0.6 is 0 Å². The molecule has 2 heterocycles. The van der Waals surface area contributed by atoms with Crippen molar-refractivity contribution < 1.29 is 4.74 Å². The molecule has 2 nitrogen and oxygen atoms in total. The molecule has 2 fully saturated rings. The molecule has 0 spiro atoms. The van der Waals surface area contributed by atoms with Crippen molar-refractivity contribution in [2.24, 2.45) is 0 Å². The first kappa shape index (κ1) is 6.62. The van der Waals surface area contributed by atoms with Crippen LogP contribution in [0.1, 0.15) is 19.3 Å². The van der Waals surface area contributed by atoms with E-state index in [4.69, 9.17) is 4.74 Å². The van der Waals surface area contributed by atoms with Gasteiger partial charge < -0.3 is 9.64 Å². The molecule has 0 aromatic heterocycles. The first-order valence-corrected chi connectivity index (χ1v) is 4.09. The summed E-state index contributed by atoms with van der Waals surface area (Å²) >= 11 is 0. The quantitative estimate of drug-likeness (QED) is 0.537. The minimum atomic E-state index is 0.556. The van der Waals surface area contributed by atoms with Gasteiger partial charge in [-0.3, -0.25) is 0 Å². The molecule has 2 bridgehead atoms. The van der Waals surface area contributed by atoms with Crippen LogP contribution in [0.3, 0.4) is 0 Å². The zero-order valence-corrected chi connectivity index (χ0v) is 6.71. The normalized spacial score (nSPS) is 45.3. The van der Waals surface area contributed by atoms with Crippen molar-refractivity contribution in [3.63, 3.8) is 0 Å². The Balaban J connectivity index is 2.02. The summed E-state index contributed by atoms with van der Waals surface area (Å²) in [5, 5.41) is 0. The van der Waals surface area contributed by atoms with Crippen LogP contribution < -0.4 is 0 Å². The summed E-state index contributed by atoms with van der Waals surface area (Å²) in [6.45, 7) is 0. The van der Waals surface area contributed by atoms with E-state index in [1.165, 1.54) is 19.3 Å². The van der Waals surface area contributed by atoms with Gasteiger partial charge in [-0.1, -0.05) is 0 Å². The van der Waals surface area contributed by atoms with E-state index < -0.39 is 0 Å². The molecule has 10 heavy (non-hydrogen) atoms.